The van der Waals surface area contributed by atoms with Crippen molar-refractivity contribution in [1.82, 2.24) is 4.31 Å². The molecule has 0 aromatic heterocycles. The minimum Gasteiger partial charge on any atom is -0.380 e. The lowest BCUT2D eigenvalue weighted by Crippen LogP contribution is -2.39. The van der Waals surface area contributed by atoms with Crippen molar-refractivity contribution in [2.75, 3.05) is 19.9 Å². The Labute approximate surface area is 128 Å². The molecule has 1 aliphatic rings. The van der Waals surface area contributed by atoms with E-state index in [-0.39, 0.29) is 6.10 Å². The Morgan fingerprint density at radius 3 is 2.38 bits per heavy atom. The summed E-state index contributed by atoms with van der Waals surface area (Å²) in [6, 6.07) is 9.71. The molecule has 21 heavy (non-hydrogen) atoms. The molecule has 0 spiro atoms. The van der Waals surface area contributed by atoms with Crippen LogP contribution in [0, 0.1) is 5.92 Å². The highest BCUT2D eigenvalue weighted by Crippen LogP contribution is 2.30. The number of rotatable bonds is 7. The lowest BCUT2D eigenvalue weighted by molar-refractivity contribution is 0.0390. The Hall–Kier alpha value is -0.910. The first kappa shape index (κ1) is 16.5. The summed E-state index contributed by atoms with van der Waals surface area (Å²) in [5.74, 6) is 0.482. The van der Waals surface area contributed by atoms with Gasteiger partial charge < -0.3 is 4.74 Å². The van der Waals surface area contributed by atoms with Gasteiger partial charge in [0.15, 0.2) is 0 Å². The molecule has 5 heteroatoms. The van der Waals surface area contributed by atoms with Crippen LogP contribution in [0.25, 0.3) is 0 Å². The summed E-state index contributed by atoms with van der Waals surface area (Å²) < 4.78 is 31.3. The first-order valence-corrected chi connectivity index (χ1v) is 9.37. The number of nitrogens with zero attached hydrogens (tertiary/aromatic N) is 1. The maximum Gasteiger partial charge on any atom is 0.211 e. The molecule has 1 fully saturated rings. The van der Waals surface area contributed by atoms with Crippen molar-refractivity contribution >= 4 is 10.0 Å². The van der Waals surface area contributed by atoms with Gasteiger partial charge in [-0.2, -0.15) is 4.31 Å². The molecule has 1 aliphatic carbocycles. The van der Waals surface area contributed by atoms with Crippen molar-refractivity contribution in [2.24, 2.45) is 5.92 Å². The number of sulfonamides is 1. The van der Waals surface area contributed by atoms with Crippen LogP contribution in [-0.2, 0) is 21.3 Å². The summed E-state index contributed by atoms with van der Waals surface area (Å²) in [4.78, 5) is 0. The predicted octanol–water partition coefficient (Wildman–Crippen LogP) is 2.65. The fourth-order valence-electron chi connectivity index (χ4n) is 3.05. The molecule has 118 valence electrons. The molecular weight excluding hydrogens is 286 g/mol. The van der Waals surface area contributed by atoms with Gasteiger partial charge in [-0.1, -0.05) is 43.2 Å². The average Bonchev–Trinajstić information content (AvgIpc) is 2.97. The van der Waals surface area contributed by atoms with E-state index in [1.54, 1.807) is 7.11 Å². The zero-order valence-electron chi connectivity index (χ0n) is 12.9. The van der Waals surface area contributed by atoms with Crippen molar-refractivity contribution in [1.29, 1.82) is 0 Å². The maximum atomic E-state index is 12.1. The van der Waals surface area contributed by atoms with E-state index in [1.807, 2.05) is 30.3 Å². The quantitative estimate of drug-likeness (QED) is 0.778. The fourth-order valence-corrected chi connectivity index (χ4v) is 3.85. The van der Waals surface area contributed by atoms with Crippen LogP contribution in [0.2, 0.25) is 0 Å². The van der Waals surface area contributed by atoms with Crippen LogP contribution in [0.5, 0.6) is 0 Å². The van der Waals surface area contributed by atoms with Gasteiger partial charge in [0.1, 0.15) is 0 Å². The molecule has 0 amide bonds. The summed E-state index contributed by atoms with van der Waals surface area (Å²) in [7, 11) is -1.56. The van der Waals surface area contributed by atoms with E-state index in [1.165, 1.54) is 23.4 Å². The highest BCUT2D eigenvalue weighted by molar-refractivity contribution is 7.88. The summed E-state index contributed by atoms with van der Waals surface area (Å²) in [5.41, 5.74) is 1.00. The molecule has 1 aromatic carbocycles. The van der Waals surface area contributed by atoms with Crippen LogP contribution in [0.3, 0.4) is 0 Å². The average molecular weight is 311 g/mol. The lowest BCUT2D eigenvalue weighted by Gasteiger charge is -2.28. The van der Waals surface area contributed by atoms with Crippen molar-refractivity contribution in [3.8, 4) is 0 Å². The van der Waals surface area contributed by atoms with E-state index in [0.717, 1.165) is 18.4 Å². The number of hydrogen-bond acceptors (Lipinski definition) is 3. The van der Waals surface area contributed by atoms with Crippen molar-refractivity contribution < 1.29 is 13.2 Å². The van der Waals surface area contributed by atoms with Gasteiger partial charge in [0, 0.05) is 20.2 Å². The predicted molar refractivity (Wildman–Crippen MR) is 84.5 cm³/mol. The van der Waals surface area contributed by atoms with Gasteiger partial charge in [0.25, 0.3) is 0 Å². The molecule has 4 nitrogen and oxygen atoms in total. The molecule has 0 heterocycles. The van der Waals surface area contributed by atoms with Crippen molar-refractivity contribution in [2.45, 2.75) is 38.3 Å². The van der Waals surface area contributed by atoms with Gasteiger partial charge in [-0.05, 0) is 24.3 Å². The molecule has 0 aliphatic heterocycles. The normalized spacial score (nSPS) is 18.2. The fraction of sp³-hybridized carbons (Fsp3) is 0.625. The molecule has 1 saturated carbocycles. The van der Waals surface area contributed by atoms with E-state index >= 15 is 0 Å². The zero-order chi connectivity index (χ0) is 15.3. The Morgan fingerprint density at radius 2 is 1.86 bits per heavy atom. The first-order valence-electron chi connectivity index (χ1n) is 7.52. The van der Waals surface area contributed by atoms with E-state index in [4.69, 9.17) is 4.74 Å². The molecular formula is C16H25NO3S. The second kappa shape index (κ2) is 7.38. The van der Waals surface area contributed by atoms with Crippen LogP contribution >= 0.6 is 0 Å². The highest BCUT2D eigenvalue weighted by Gasteiger charge is 2.29. The molecule has 0 bridgehead atoms. The van der Waals surface area contributed by atoms with Gasteiger partial charge >= 0.3 is 0 Å². The first-order chi connectivity index (χ1) is 10.0. The third-order valence-corrected chi connectivity index (χ3v) is 5.50. The number of hydrogen-bond donors (Lipinski definition) is 0. The summed E-state index contributed by atoms with van der Waals surface area (Å²) in [6.07, 6.45) is 6.00. The Kier molecular flexibility index (Phi) is 5.79. The standard InChI is InChI=1S/C16H25NO3S/c1-20-16(15-10-6-7-11-15)13-17(21(2,18)19)12-14-8-4-3-5-9-14/h3-5,8-9,15-16H,6-7,10-13H2,1-2H3. The molecule has 1 aromatic rings. The Bertz CT molecular complexity index is 524. The van der Waals surface area contributed by atoms with Crippen LogP contribution in [0.15, 0.2) is 30.3 Å². The van der Waals surface area contributed by atoms with E-state index < -0.39 is 10.0 Å². The number of methoxy groups -OCH3 is 1. The second-order valence-electron chi connectivity index (χ2n) is 5.86. The van der Waals surface area contributed by atoms with Crippen molar-refractivity contribution in [3.05, 3.63) is 35.9 Å². The smallest absolute Gasteiger partial charge is 0.211 e. The van der Waals surface area contributed by atoms with E-state index in [2.05, 4.69) is 0 Å². The van der Waals surface area contributed by atoms with Gasteiger partial charge in [-0.25, -0.2) is 8.42 Å². The minimum absolute atomic E-state index is 0.00839. The van der Waals surface area contributed by atoms with Gasteiger partial charge in [0.05, 0.1) is 12.4 Å². The number of benzene rings is 1. The molecule has 0 radical (unpaired) electrons. The topological polar surface area (TPSA) is 46.6 Å². The molecule has 1 unspecified atom stereocenters. The second-order valence-corrected chi connectivity index (χ2v) is 7.84. The largest absolute Gasteiger partial charge is 0.380 e. The van der Waals surface area contributed by atoms with Gasteiger partial charge in [0.2, 0.25) is 10.0 Å². The third kappa shape index (κ3) is 4.80. The molecule has 1 atom stereocenters. The highest BCUT2D eigenvalue weighted by atomic mass is 32.2. The van der Waals surface area contributed by atoms with Gasteiger partial charge in [-0.15, -0.1) is 0 Å². The van der Waals surface area contributed by atoms with Gasteiger partial charge in [-0.3, -0.25) is 0 Å². The van der Waals surface area contributed by atoms with Crippen LogP contribution < -0.4 is 0 Å². The molecule has 0 saturated heterocycles. The maximum absolute atomic E-state index is 12.1. The van der Waals surface area contributed by atoms with E-state index in [9.17, 15) is 8.42 Å². The SMILES string of the molecule is COC(CN(Cc1ccccc1)S(C)(=O)=O)C1CCCC1. The van der Waals surface area contributed by atoms with Crippen LogP contribution in [0.4, 0.5) is 0 Å². The molecule has 2 rings (SSSR count). The number of ether oxygens (including phenoxy) is 1. The summed E-state index contributed by atoms with van der Waals surface area (Å²) >= 11 is 0. The van der Waals surface area contributed by atoms with Crippen LogP contribution in [-0.4, -0.2) is 38.7 Å². The Morgan fingerprint density at radius 1 is 1.24 bits per heavy atom. The van der Waals surface area contributed by atoms with Crippen molar-refractivity contribution in [3.63, 3.8) is 0 Å². The Balaban J connectivity index is 2.09. The minimum atomic E-state index is -3.24. The summed E-state index contributed by atoms with van der Waals surface area (Å²) in [5, 5.41) is 0. The summed E-state index contributed by atoms with van der Waals surface area (Å²) in [6.45, 7) is 0.848. The van der Waals surface area contributed by atoms with Crippen LogP contribution in [0.1, 0.15) is 31.2 Å². The monoisotopic (exact) mass is 311 g/mol. The lowest BCUT2D eigenvalue weighted by atomic mass is 10.0. The third-order valence-electron chi connectivity index (χ3n) is 4.28. The van der Waals surface area contributed by atoms with E-state index in [0.29, 0.717) is 19.0 Å². The zero-order valence-corrected chi connectivity index (χ0v) is 13.7. The molecule has 0 N–H and O–H groups in total.